The number of benzene rings is 1. The molecule has 0 aliphatic rings. The molecule has 52 valence electrons. The Morgan fingerprint density at radius 1 is 1.20 bits per heavy atom. The number of halogens is 1. The topological polar surface area (TPSA) is 0 Å². The molecule has 0 aliphatic carbocycles. The lowest BCUT2D eigenvalue weighted by Gasteiger charge is -1.83. The van der Waals surface area contributed by atoms with Gasteiger partial charge in [0.2, 0.25) is 0 Å². The summed E-state index contributed by atoms with van der Waals surface area (Å²) in [7, 11) is 0. The highest BCUT2D eigenvalue weighted by molar-refractivity contribution is 5.26. The van der Waals surface area contributed by atoms with Crippen LogP contribution in [0, 0.1) is 0 Å². The summed E-state index contributed by atoms with van der Waals surface area (Å²) in [6, 6.07) is 7.33. The van der Waals surface area contributed by atoms with Crippen LogP contribution in [0.2, 0.25) is 0 Å². The zero-order valence-corrected chi connectivity index (χ0v) is 5.84. The monoisotopic (exact) mass is 136 g/mol. The fourth-order valence-electron chi connectivity index (χ4n) is 0.873. The smallest absolute Gasteiger partial charge is 0.0945 e. The van der Waals surface area contributed by atoms with Gasteiger partial charge >= 0.3 is 0 Å². The number of hydrogen-bond acceptors (Lipinski definition) is 0. The predicted octanol–water partition coefficient (Wildman–Crippen LogP) is 1.19. The first-order valence-corrected chi connectivity index (χ1v) is 3.20. The average Bonchev–Trinajstić information content (AvgIpc) is 2.04. The maximum absolute atomic E-state index is 12.0. The standard InChI is InChI=1S/C9H9F/c1-2-8-5-3-4-6-9(8)7-10/h2-7H,1H3. The SMILES string of the molecule is CC=c1ccccc1=CF. The largest absolute Gasteiger partial charge is 0.215 e. The van der Waals surface area contributed by atoms with Gasteiger partial charge in [-0.05, 0) is 12.1 Å². The summed E-state index contributed by atoms with van der Waals surface area (Å²) in [5, 5.41) is 1.58. The van der Waals surface area contributed by atoms with Crippen molar-refractivity contribution in [1.29, 1.82) is 0 Å². The minimum absolute atomic E-state index is 0.620. The van der Waals surface area contributed by atoms with E-state index in [-0.39, 0.29) is 0 Å². The van der Waals surface area contributed by atoms with Crippen LogP contribution in [0.15, 0.2) is 24.3 Å². The Morgan fingerprint density at radius 3 is 2.20 bits per heavy atom. The maximum atomic E-state index is 12.0. The molecule has 0 unspecified atom stereocenters. The predicted molar refractivity (Wildman–Crippen MR) is 41.4 cm³/mol. The molecule has 0 saturated heterocycles. The minimum atomic E-state index is 0.620. The molecule has 0 amide bonds. The van der Waals surface area contributed by atoms with Gasteiger partial charge in [-0.15, -0.1) is 0 Å². The summed E-state index contributed by atoms with van der Waals surface area (Å²) >= 11 is 0. The van der Waals surface area contributed by atoms with Gasteiger partial charge < -0.3 is 0 Å². The highest BCUT2D eigenvalue weighted by Gasteiger charge is 1.78. The Hall–Kier alpha value is -1.11. The van der Waals surface area contributed by atoms with Gasteiger partial charge in [0.15, 0.2) is 0 Å². The van der Waals surface area contributed by atoms with E-state index in [2.05, 4.69) is 0 Å². The molecule has 1 aromatic rings. The number of hydrogen-bond donors (Lipinski definition) is 0. The molecule has 0 radical (unpaired) electrons. The maximum Gasteiger partial charge on any atom is 0.0945 e. The van der Waals surface area contributed by atoms with E-state index in [0.717, 1.165) is 5.22 Å². The third kappa shape index (κ3) is 1.24. The average molecular weight is 136 g/mol. The lowest BCUT2D eigenvalue weighted by molar-refractivity contribution is 0.797. The van der Waals surface area contributed by atoms with Gasteiger partial charge in [0.25, 0.3) is 0 Å². The molecule has 10 heavy (non-hydrogen) atoms. The Morgan fingerprint density at radius 2 is 1.80 bits per heavy atom. The molecule has 0 bridgehead atoms. The highest BCUT2D eigenvalue weighted by Crippen LogP contribution is 1.72. The normalized spacial score (nSPS) is 14.2. The van der Waals surface area contributed by atoms with E-state index in [1.165, 1.54) is 0 Å². The van der Waals surface area contributed by atoms with Gasteiger partial charge in [0.1, 0.15) is 0 Å². The van der Waals surface area contributed by atoms with Crippen LogP contribution in [0.4, 0.5) is 4.39 Å². The van der Waals surface area contributed by atoms with E-state index in [0.29, 0.717) is 11.5 Å². The third-order valence-electron chi connectivity index (χ3n) is 1.42. The van der Waals surface area contributed by atoms with E-state index in [9.17, 15) is 4.39 Å². The quantitative estimate of drug-likeness (QED) is 0.502. The van der Waals surface area contributed by atoms with E-state index in [4.69, 9.17) is 0 Å². The first kappa shape index (κ1) is 7.00. The summed E-state index contributed by atoms with van der Waals surface area (Å²) in [5.74, 6) is 0. The molecule has 0 atom stereocenters. The summed E-state index contributed by atoms with van der Waals surface area (Å²) < 4.78 is 12.0. The van der Waals surface area contributed by atoms with Crippen molar-refractivity contribution in [3.8, 4) is 0 Å². The highest BCUT2D eigenvalue weighted by atomic mass is 19.1. The Bertz CT molecular complexity index is 279. The molecular weight excluding hydrogens is 127 g/mol. The Kier molecular flexibility index (Phi) is 2.21. The van der Waals surface area contributed by atoms with Crippen molar-refractivity contribution in [2.75, 3.05) is 0 Å². The molecule has 0 heterocycles. The second kappa shape index (κ2) is 3.16. The summed E-state index contributed by atoms with van der Waals surface area (Å²) in [4.78, 5) is 0. The van der Waals surface area contributed by atoms with Crippen LogP contribution in [0.1, 0.15) is 6.92 Å². The van der Waals surface area contributed by atoms with Crippen molar-refractivity contribution in [2.24, 2.45) is 0 Å². The molecular formula is C9H9F. The third-order valence-corrected chi connectivity index (χ3v) is 1.42. The van der Waals surface area contributed by atoms with Crippen LogP contribution in [-0.4, -0.2) is 0 Å². The fourth-order valence-corrected chi connectivity index (χ4v) is 0.873. The van der Waals surface area contributed by atoms with E-state index in [1.54, 1.807) is 6.07 Å². The zero-order valence-electron chi connectivity index (χ0n) is 5.84. The lowest BCUT2D eigenvalue weighted by atomic mass is 10.2. The molecule has 1 rings (SSSR count). The summed E-state index contributed by atoms with van der Waals surface area (Å²) in [6.45, 7) is 1.89. The van der Waals surface area contributed by atoms with Crippen LogP contribution in [0.25, 0.3) is 12.4 Å². The van der Waals surface area contributed by atoms with Gasteiger partial charge in [0, 0.05) is 5.22 Å². The zero-order chi connectivity index (χ0) is 7.40. The van der Waals surface area contributed by atoms with Crippen LogP contribution in [-0.2, 0) is 0 Å². The van der Waals surface area contributed by atoms with Gasteiger partial charge in [-0.2, -0.15) is 0 Å². The number of rotatable bonds is 0. The summed E-state index contributed by atoms with van der Waals surface area (Å²) in [5.41, 5.74) is 0. The second-order valence-corrected chi connectivity index (χ2v) is 2.03. The van der Waals surface area contributed by atoms with Gasteiger partial charge in [-0.25, -0.2) is 4.39 Å². The van der Waals surface area contributed by atoms with Gasteiger partial charge in [-0.1, -0.05) is 30.3 Å². The van der Waals surface area contributed by atoms with Crippen molar-refractivity contribution >= 4 is 12.4 Å². The first-order chi connectivity index (χ1) is 4.88. The van der Waals surface area contributed by atoms with Crippen LogP contribution in [0.3, 0.4) is 0 Å². The molecule has 0 saturated carbocycles. The molecule has 0 nitrogen and oxygen atoms in total. The lowest BCUT2D eigenvalue weighted by Crippen LogP contribution is -2.22. The molecule has 0 aromatic heterocycles. The first-order valence-electron chi connectivity index (χ1n) is 3.20. The minimum Gasteiger partial charge on any atom is -0.215 e. The van der Waals surface area contributed by atoms with Crippen molar-refractivity contribution < 1.29 is 4.39 Å². The Balaban J connectivity index is 3.53. The molecule has 0 fully saturated rings. The van der Waals surface area contributed by atoms with E-state index in [1.807, 2.05) is 31.2 Å². The fraction of sp³-hybridized carbons (Fsp3) is 0.111. The molecule has 0 aliphatic heterocycles. The van der Waals surface area contributed by atoms with Crippen LogP contribution >= 0.6 is 0 Å². The second-order valence-electron chi connectivity index (χ2n) is 2.03. The van der Waals surface area contributed by atoms with Crippen molar-refractivity contribution in [3.63, 3.8) is 0 Å². The molecule has 1 heteroatoms. The van der Waals surface area contributed by atoms with Crippen molar-refractivity contribution in [3.05, 3.63) is 34.7 Å². The molecule has 0 N–H and O–H groups in total. The van der Waals surface area contributed by atoms with Crippen molar-refractivity contribution in [1.82, 2.24) is 0 Å². The van der Waals surface area contributed by atoms with Gasteiger partial charge in [0.05, 0.1) is 6.33 Å². The van der Waals surface area contributed by atoms with E-state index < -0.39 is 0 Å². The van der Waals surface area contributed by atoms with E-state index >= 15 is 0 Å². The van der Waals surface area contributed by atoms with Gasteiger partial charge in [-0.3, -0.25) is 0 Å². The van der Waals surface area contributed by atoms with Crippen molar-refractivity contribution in [2.45, 2.75) is 6.92 Å². The molecule has 1 aromatic carbocycles. The van der Waals surface area contributed by atoms with Crippen LogP contribution in [0.5, 0.6) is 0 Å². The Labute approximate surface area is 59.3 Å². The molecule has 0 spiro atoms. The summed E-state index contributed by atoms with van der Waals surface area (Å²) in [6.07, 6.45) is 2.50. The van der Waals surface area contributed by atoms with Crippen LogP contribution < -0.4 is 10.4 Å².